The van der Waals surface area contributed by atoms with Gasteiger partial charge >= 0.3 is 6.18 Å². The molecule has 1 aliphatic rings. The number of benzene rings is 2. The van der Waals surface area contributed by atoms with Gasteiger partial charge in [-0.3, -0.25) is 15.0 Å². The van der Waals surface area contributed by atoms with E-state index in [1.54, 1.807) is 52.0 Å². The predicted octanol–water partition coefficient (Wildman–Crippen LogP) is 6.05. The lowest BCUT2D eigenvalue weighted by atomic mass is 9.96. The highest BCUT2D eigenvalue weighted by Crippen LogP contribution is 2.44. The van der Waals surface area contributed by atoms with Gasteiger partial charge in [-0.15, -0.1) is 5.10 Å². The molecule has 0 saturated heterocycles. The van der Waals surface area contributed by atoms with Gasteiger partial charge in [0.1, 0.15) is 6.04 Å². The van der Waals surface area contributed by atoms with Crippen molar-refractivity contribution in [1.29, 1.82) is 5.26 Å². The van der Waals surface area contributed by atoms with Crippen molar-refractivity contribution in [1.82, 2.24) is 14.8 Å². The van der Waals surface area contributed by atoms with Gasteiger partial charge < -0.3 is 0 Å². The monoisotopic (exact) mass is 505 g/mol. The number of amides is 1. The van der Waals surface area contributed by atoms with E-state index in [9.17, 15) is 18.0 Å². The van der Waals surface area contributed by atoms with Gasteiger partial charge in [0.2, 0.25) is 17.6 Å². The van der Waals surface area contributed by atoms with Gasteiger partial charge in [0, 0.05) is 16.8 Å². The molecular weight excluding hydrogens is 483 g/mol. The summed E-state index contributed by atoms with van der Waals surface area (Å²) in [7, 11) is 0. The van der Waals surface area contributed by atoms with Crippen molar-refractivity contribution in [2.75, 3.05) is 10.2 Å². The summed E-state index contributed by atoms with van der Waals surface area (Å²) in [6, 6.07) is 12.5. The molecule has 0 radical (unpaired) electrons. The van der Waals surface area contributed by atoms with E-state index in [2.05, 4.69) is 20.2 Å². The van der Waals surface area contributed by atoms with Crippen molar-refractivity contribution in [3.8, 4) is 6.07 Å². The summed E-state index contributed by atoms with van der Waals surface area (Å²) in [6.07, 6.45) is -4.57. The molecule has 1 aliphatic heterocycles. The van der Waals surface area contributed by atoms with Gasteiger partial charge in [0.25, 0.3) is 5.95 Å². The van der Waals surface area contributed by atoms with Crippen LogP contribution in [-0.4, -0.2) is 20.7 Å². The van der Waals surface area contributed by atoms with Crippen LogP contribution in [0.1, 0.15) is 50.4 Å². The summed E-state index contributed by atoms with van der Waals surface area (Å²) >= 11 is 0. The largest absolute Gasteiger partial charge is 0.416 e. The molecule has 188 valence electrons. The maximum atomic E-state index is 13.5. The van der Waals surface area contributed by atoms with Crippen LogP contribution in [0.5, 0.6) is 0 Å². The average molecular weight is 506 g/mol. The first kappa shape index (κ1) is 25.5. The average Bonchev–Trinajstić information content (AvgIpc) is 3.25. The van der Waals surface area contributed by atoms with Crippen molar-refractivity contribution in [3.63, 3.8) is 0 Å². The number of carbonyl (C=O) groups excluding carboxylic acids is 1. The van der Waals surface area contributed by atoms with Gasteiger partial charge in [-0.1, -0.05) is 39.0 Å². The second-order valence-electron chi connectivity index (χ2n) is 9.49. The number of nitrogens with zero attached hydrogens (tertiary/aromatic N) is 6. The molecule has 0 aliphatic carbocycles. The standard InChI is InChI=1S/C26H22F3N7O/c1-15-20(31-5)21(17-11-9-16(14-30)10-12-17)36-24(33-23(34-36)32-22(37)25(2,3)4)35(15)19-8-6-7-18(13-19)26(27,28)29/h6-13,21H,1-4H3,(H,32,34,37)/t21-/m1/s1. The van der Waals surface area contributed by atoms with Crippen LogP contribution in [0.15, 0.2) is 59.9 Å². The zero-order valence-electron chi connectivity index (χ0n) is 20.4. The van der Waals surface area contributed by atoms with Gasteiger partial charge in [-0.2, -0.15) is 23.4 Å². The molecule has 1 N–H and O–H groups in total. The van der Waals surface area contributed by atoms with Crippen molar-refractivity contribution in [3.05, 3.63) is 88.0 Å². The predicted molar refractivity (Wildman–Crippen MR) is 130 cm³/mol. The quantitative estimate of drug-likeness (QED) is 0.438. The zero-order chi connectivity index (χ0) is 27.1. The van der Waals surface area contributed by atoms with Gasteiger partial charge in [-0.05, 0) is 42.8 Å². The number of hydrogen-bond donors (Lipinski definition) is 1. The molecule has 2 heterocycles. The van der Waals surface area contributed by atoms with Crippen LogP contribution < -0.4 is 10.2 Å². The third-order valence-electron chi connectivity index (χ3n) is 5.84. The fraction of sp³-hybridized carbons (Fsp3) is 0.269. The number of nitrogens with one attached hydrogen (secondary N) is 1. The number of aromatic nitrogens is 3. The van der Waals surface area contributed by atoms with E-state index in [0.29, 0.717) is 16.8 Å². The summed E-state index contributed by atoms with van der Waals surface area (Å²) in [5, 5.41) is 16.3. The molecule has 1 atom stereocenters. The van der Waals surface area contributed by atoms with E-state index in [0.717, 1.165) is 12.1 Å². The van der Waals surface area contributed by atoms with Crippen molar-refractivity contribution >= 4 is 23.5 Å². The van der Waals surface area contributed by atoms with Crippen LogP contribution >= 0.6 is 0 Å². The molecule has 1 aromatic heterocycles. The molecule has 8 nitrogen and oxygen atoms in total. The Morgan fingerprint density at radius 2 is 1.84 bits per heavy atom. The molecule has 3 aromatic rings. The third-order valence-corrected chi connectivity index (χ3v) is 5.84. The minimum atomic E-state index is -4.57. The second kappa shape index (κ2) is 9.10. The Bertz CT molecular complexity index is 1480. The van der Waals surface area contributed by atoms with Gasteiger partial charge in [0.05, 0.1) is 23.8 Å². The molecule has 0 saturated carbocycles. The molecule has 0 spiro atoms. The Morgan fingerprint density at radius 1 is 1.16 bits per heavy atom. The summed E-state index contributed by atoms with van der Waals surface area (Å²) < 4.78 is 41.9. The van der Waals surface area contributed by atoms with E-state index in [1.807, 2.05) is 6.07 Å². The van der Waals surface area contributed by atoms with Gasteiger partial charge in [0.15, 0.2) is 0 Å². The van der Waals surface area contributed by atoms with E-state index in [4.69, 9.17) is 11.8 Å². The Morgan fingerprint density at radius 3 is 2.41 bits per heavy atom. The topological polar surface area (TPSA) is 91.2 Å². The lowest BCUT2D eigenvalue weighted by Crippen LogP contribution is -2.30. The molecule has 1 amide bonds. The van der Waals surface area contributed by atoms with Crippen LogP contribution in [0.2, 0.25) is 0 Å². The van der Waals surface area contributed by atoms with Crippen LogP contribution in [-0.2, 0) is 11.0 Å². The molecule has 2 aromatic carbocycles. The number of fused-ring (bicyclic) bond motifs is 1. The molecule has 4 rings (SSSR count). The first-order valence-electron chi connectivity index (χ1n) is 11.2. The number of halogens is 3. The number of anilines is 3. The number of hydrogen-bond acceptors (Lipinski definition) is 5. The highest BCUT2D eigenvalue weighted by Gasteiger charge is 2.38. The number of allylic oxidation sites excluding steroid dienone is 2. The lowest BCUT2D eigenvalue weighted by molar-refractivity contribution is -0.137. The first-order valence-corrected chi connectivity index (χ1v) is 11.2. The maximum Gasteiger partial charge on any atom is 0.416 e. The molecule has 11 heteroatoms. The Labute approximate surface area is 211 Å². The zero-order valence-corrected chi connectivity index (χ0v) is 20.4. The smallest absolute Gasteiger partial charge is 0.294 e. The number of carbonyl (C=O) groups is 1. The summed E-state index contributed by atoms with van der Waals surface area (Å²) in [5.74, 6) is -0.279. The van der Waals surface area contributed by atoms with Crippen molar-refractivity contribution in [2.24, 2.45) is 5.41 Å². The Balaban J connectivity index is 1.93. The minimum absolute atomic E-state index is 0.0513. The molecule has 0 unspecified atom stereocenters. The normalized spacial score (nSPS) is 15.6. The summed E-state index contributed by atoms with van der Waals surface area (Å²) in [5.41, 5.74) is 0.123. The van der Waals surface area contributed by atoms with Crippen LogP contribution in [0, 0.1) is 23.3 Å². The van der Waals surface area contributed by atoms with Crippen LogP contribution in [0.4, 0.5) is 30.8 Å². The van der Waals surface area contributed by atoms with E-state index < -0.39 is 23.2 Å². The first-order chi connectivity index (χ1) is 17.3. The summed E-state index contributed by atoms with van der Waals surface area (Å²) in [4.78, 5) is 22.2. The SMILES string of the molecule is [C-]#[N+]C1=C(C)N(c2cccc(C(F)(F)F)c2)c2nc(NC(=O)C(C)(C)C)nn2[C@@H]1c1ccc(C#N)cc1. The fourth-order valence-corrected chi connectivity index (χ4v) is 3.87. The van der Waals surface area contributed by atoms with E-state index in [1.165, 1.54) is 21.7 Å². The Hall–Kier alpha value is -4.64. The van der Waals surface area contributed by atoms with Crippen molar-refractivity contribution in [2.45, 2.75) is 39.9 Å². The number of nitriles is 1. The highest BCUT2D eigenvalue weighted by atomic mass is 19.4. The molecule has 0 fully saturated rings. The van der Waals surface area contributed by atoms with Crippen LogP contribution in [0.3, 0.4) is 0 Å². The minimum Gasteiger partial charge on any atom is -0.294 e. The molecule has 37 heavy (non-hydrogen) atoms. The van der Waals surface area contributed by atoms with Gasteiger partial charge in [-0.25, -0.2) is 9.53 Å². The van der Waals surface area contributed by atoms with E-state index >= 15 is 0 Å². The van der Waals surface area contributed by atoms with Crippen LogP contribution in [0.25, 0.3) is 4.85 Å². The molecule has 0 bridgehead atoms. The second-order valence-corrected chi connectivity index (χ2v) is 9.49. The molecular formula is C26H22F3N7O. The van der Waals surface area contributed by atoms with E-state index in [-0.39, 0.29) is 29.2 Å². The fourth-order valence-electron chi connectivity index (χ4n) is 3.87. The summed E-state index contributed by atoms with van der Waals surface area (Å²) in [6.45, 7) is 14.7. The lowest BCUT2D eigenvalue weighted by Gasteiger charge is -2.34. The Kier molecular flexibility index (Phi) is 6.26. The maximum absolute atomic E-state index is 13.5. The number of rotatable bonds is 3. The third kappa shape index (κ3) is 4.76. The van der Waals surface area contributed by atoms with Crippen molar-refractivity contribution < 1.29 is 18.0 Å². The number of alkyl halides is 3. The highest BCUT2D eigenvalue weighted by molar-refractivity contribution is 5.93.